The van der Waals surface area contributed by atoms with Gasteiger partial charge in [-0.25, -0.2) is 8.42 Å². The molecule has 142 valence electrons. The fourth-order valence-electron chi connectivity index (χ4n) is 3.82. The first-order valence-electron chi connectivity index (χ1n) is 9.18. The van der Waals surface area contributed by atoms with E-state index in [1.807, 2.05) is 29.2 Å². The maximum atomic E-state index is 13.3. The predicted octanol–water partition coefficient (Wildman–Crippen LogP) is 4.03. The van der Waals surface area contributed by atoms with Crippen LogP contribution in [0.25, 0.3) is 11.1 Å². The first kappa shape index (κ1) is 18.5. The van der Waals surface area contributed by atoms with Gasteiger partial charge in [-0.1, -0.05) is 47.0 Å². The number of carbonyl (C=O) groups excluding carboxylic acids is 1. The fraction of sp³-hybridized carbons (Fsp3) is 0.350. The molecule has 2 aliphatic heterocycles. The van der Waals surface area contributed by atoms with Gasteiger partial charge in [-0.3, -0.25) is 9.10 Å². The third kappa shape index (κ3) is 3.38. The topological polar surface area (TPSA) is 57.7 Å². The van der Waals surface area contributed by atoms with Crippen molar-refractivity contribution in [3.8, 4) is 11.1 Å². The molecule has 4 rings (SSSR count). The van der Waals surface area contributed by atoms with E-state index >= 15 is 0 Å². The SMILES string of the molecule is O=C(CN1c2ccc(Br)cc2-c2ccccc2S1(=O)=O)N1CCCCCC1. The Morgan fingerprint density at radius 2 is 1.67 bits per heavy atom. The molecule has 0 atom stereocenters. The summed E-state index contributed by atoms with van der Waals surface area (Å²) in [7, 11) is -3.78. The molecule has 1 fully saturated rings. The van der Waals surface area contributed by atoms with Gasteiger partial charge < -0.3 is 4.90 Å². The highest BCUT2D eigenvalue weighted by atomic mass is 79.9. The van der Waals surface area contributed by atoms with Gasteiger partial charge in [0.1, 0.15) is 6.54 Å². The van der Waals surface area contributed by atoms with Crippen LogP contribution in [0.3, 0.4) is 0 Å². The molecule has 27 heavy (non-hydrogen) atoms. The van der Waals surface area contributed by atoms with Crippen LogP contribution in [0.2, 0.25) is 0 Å². The largest absolute Gasteiger partial charge is 0.341 e. The minimum Gasteiger partial charge on any atom is -0.341 e. The van der Waals surface area contributed by atoms with Crippen molar-refractivity contribution in [2.45, 2.75) is 30.6 Å². The Kier molecular flexibility index (Phi) is 4.99. The van der Waals surface area contributed by atoms with E-state index in [-0.39, 0.29) is 17.3 Å². The van der Waals surface area contributed by atoms with Crippen molar-refractivity contribution in [3.63, 3.8) is 0 Å². The number of rotatable bonds is 2. The van der Waals surface area contributed by atoms with Gasteiger partial charge in [0, 0.05) is 28.7 Å². The third-order valence-electron chi connectivity index (χ3n) is 5.21. The number of hydrogen-bond acceptors (Lipinski definition) is 3. The summed E-state index contributed by atoms with van der Waals surface area (Å²) in [5.74, 6) is -0.131. The molecule has 0 saturated carbocycles. The van der Waals surface area contributed by atoms with E-state index in [0.29, 0.717) is 24.3 Å². The van der Waals surface area contributed by atoms with Crippen molar-refractivity contribution < 1.29 is 13.2 Å². The van der Waals surface area contributed by atoms with Crippen LogP contribution in [0, 0.1) is 0 Å². The summed E-state index contributed by atoms with van der Waals surface area (Å²) in [5, 5.41) is 0. The fourth-order valence-corrected chi connectivity index (χ4v) is 5.82. The first-order chi connectivity index (χ1) is 13.0. The maximum Gasteiger partial charge on any atom is 0.265 e. The van der Waals surface area contributed by atoms with Crippen molar-refractivity contribution in [2.75, 3.05) is 23.9 Å². The Hall–Kier alpha value is -1.86. The molecule has 2 aromatic rings. The number of nitrogens with zero attached hydrogens (tertiary/aromatic N) is 2. The van der Waals surface area contributed by atoms with Crippen molar-refractivity contribution in [3.05, 3.63) is 46.9 Å². The van der Waals surface area contributed by atoms with Crippen LogP contribution in [0.15, 0.2) is 51.8 Å². The van der Waals surface area contributed by atoms with Gasteiger partial charge >= 0.3 is 0 Å². The van der Waals surface area contributed by atoms with Crippen molar-refractivity contribution in [1.29, 1.82) is 0 Å². The van der Waals surface area contributed by atoms with E-state index in [9.17, 15) is 13.2 Å². The average Bonchev–Trinajstić information content (AvgIpc) is 2.95. The van der Waals surface area contributed by atoms with Gasteiger partial charge in [0.05, 0.1) is 10.6 Å². The van der Waals surface area contributed by atoms with Gasteiger partial charge in [0.25, 0.3) is 10.0 Å². The summed E-state index contributed by atoms with van der Waals surface area (Å²) in [6, 6.07) is 12.5. The van der Waals surface area contributed by atoms with E-state index in [1.54, 1.807) is 18.2 Å². The second kappa shape index (κ2) is 7.28. The number of anilines is 1. The molecular weight excluding hydrogens is 428 g/mol. The second-order valence-electron chi connectivity index (χ2n) is 6.96. The highest BCUT2D eigenvalue weighted by molar-refractivity contribution is 9.10. The smallest absolute Gasteiger partial charge is 0.265 e. The number of benzene rings is 2. The number of fused-ring (bicyclic) bond motifs is 3. The molecular formula is C20H21BrN2O3S. The second-order valence-corrected chi connectivity index (χ2v) is 9.71. The van der Waals surface area contributed by atoms with Crippen molar-refractivity contribution >= 4 is 37.5 Å². The molecule has 0 bridgehead atoms. The lowest BCUT2D eigenvalue weighted by molar-refractivity contribution is -0.129. The molecule has 0 unspecified atom stereocenters. The molecule has 0 aromatic heterocycles. The van der Waals surface area contributed by atoms with Gasteiger partial charge in [-0.2, -0.15) is 0 Å². The van der Waals surface area contributed by atoms with Gasteiger partial charge in [0.15, 0.2) is 0 Å². The van der Waals surface area contributed by atoms with E-state index in [2.05, 4.69) is 15.9 Å². The lowest BCUT2D eigenvalue weighted by atomic mass is 10.0. The number of likely N-dealkylation sites (tertiary alicyclic amines) is 1. The maximum absolute atomic E-state index is 13.3. The van der Waals surface area contributed by atoms with E-state index in [0.717, 1.165) is 35.7 Å². The Bertz CT molecular complexity index is 982. The minimum atomic E-state index is -3.78. The van der Waals surface area contributed by atoms with E-state index < -0.39 is 10.0 Å². The molecule has 2 aromatic carbocycles. The monoisotopic (exact) mass is 448 g/mol. The number of sulfonamides is 1. The Morgan fingerprint density at radius 1 is 0.963 bits per heavy atom. The highest BCUT2D eigenvalue weighted by Crippen LogP contribution is 2.43. The summed E-state index contributed by atoms with van der Waals surface area (Å²) >= 11 is 3.47. The summed E-state index contributed by atoms with van der Waals surface area (Å²) in [4.78, 5) is 15.0. The average molecular weight is 449 g/mol. The molecule has 1 saturated heterocycles. The summed E-state index contributed by atoms with van der Waals surface area (Å²) in [6.07, 6.45) is 4.20. The summed E-state index contributed by atoms with van der Waals surface area (Å²) in [6.45, 7) is 1.25. The number of halogens is 1. The highest BCUT2D eigenvalue weighted by Gasteiger charge is 2.36. The zero-order valence-electron chi connectivity index (χ0n) is 14.9. The standard InChI is InChI=1S/C20H21BrN2O3S/c21-15-9-10-18-17(13-15)16-7-3-4-8-19(16)27(25,26)23(18)14-20(24)22-11-5-1-2-6-12-22/h3-4,7-10,13H,1-2,5-6,11-12,14H2. The molecule has 7 heteroatoms. The molecule has 0 aliphatic carbocycles. The Balaban J connectivity index is 1.75. The molecule has 1 amide bonds. The van der Waals surface area contributed by atoms with E-state index in [4.69, 9.17) is 0 Å². The van der Waals surface area contributed by atoms with Crippen LogP contribution in [0.5, 0.6) is 0 Å². The van der Waals surface area contributed by atoms with Crippen molar-refractivity contribution in [1.82, 2.24) is 4.90 Å². The summed E-state index contributed by atoms with van der Waals surface area (Å²) < 4.78 is 28.7. The van der Waals surface area contributed by atoms with Crippen LogP contribution < -0.4 is 4.31 Å². The zero-order valence-corrected chi connectivity index (χ0v) is 17.3. The number of amides is 1. The molecule has 0 spiro atoms. The van der Waals surface area contributed by atoms with Crippen LogP contribution >= 0.6 is 15.9 Å². The van der Waals surface area contributed by atoms with Crippen LogP contribution in [0.1, 0.15) is 25.7 Å². The Morgan fingerprint density at radius 3 is 2.41 bits per heavy atom. The lowest BCUT2D eigenvalue weighted by Crippen LogP contribution is -2.44. The molecule has 5 nitrogen and oxygen atoms in total. The third-order valence-corrected chi connectivity index (χ3v) is 7.52. The number of hydrogen-bond donors (Lipinski definition) is 0. The van der Waals surface area contributed by atoms with Gasteiger partial charge in [-0.15, -0.1) is 0 Å². The van der Waals surface area contributed by atoms with Gasteiger partial charge in [0.2, 0.25) is 5.91 Å². The Labute approximate surface area is 168 Å². The lowest BCUT2D eigenvalue weighted by Gasteiger charge is -2.33. The van der Waals surface area contributed by atoms with Gasteiger partial charge in [-0.05, 0) is 37.1 Å². The zero-order chi connectivity index (χ0) is 19.0. The molecule has 2 aliphatic rings. The minimum absolute atomic E-state index is 0.131. The number of carbonyl (C=O) groups is 1. The first-order valence-corrected chi connectivity index (χ1v) is 11.4. The molecule has 0 radical (unpaired) electrons. The normalized spacial score (nSPS) is 18.4. The molecule has 2 heterocycles. The van der Waals surface area contributed by atoms with E-state index in [1.165, 1.54) is 4.31 Å². The van der Waals surface area contributed by atoms with Crippen LogP contribution in [-0.2, 0) is 14.8 Å². The van der Waals surface area contributed by atoms with Crippen LogP contribution in [0.4, 0.5) is 5.69 Å². The quantitative estimate of drug-likeness (QED) is 0.696. The summed E-state index contributed by atoms with van der Waals surface area (Å²) in [5.41, 5.74) is 2.05. The van der Waals surface area contributed by atoms with Crippen LogP contribution in [-0.4, -0.2) is 38.9 Å². The molecule has 0 N–H and O–H groups in total. The van der Waals surface area contributed by atoms with Crippen molar-refractivity contribution in [2.24, 2.45) is 0 Å². The predicted molar refractivity (Wildman–Crippen MR) is 109 cm³/mol.